The summed E-state index contributed by atoms with van der Waals surface area (Å²) in [7, 11) is 0. The van der Waals surface area contributed by atoms with Gasteiger partial charge in [0.2, 0.25) is 0 Å². The van der Waals surface area contributed by atoms with Crippen LogP contribution in [-0.4, -0.2) is 22.2 Å². The van der Waals surface area contributed by atoms with Gasteiger partial charge in [-0.15, -0.1) is 0 Å². The standard InChI is InChI=1S/C30H52O4/c1-19(2)10-9-11-20(3)21-14-16-30(8)23-12-13-24(27(4,5)26(33)34)28(6,18-25(31)32)22(23)15-17-29(21,30)7/h19-24H,9-18H2,1-8H3,(H,31,32)(H,33,34)/t20-,21-,22-,23+,24-,28+,29-,30+/m1/s1. The molecule has 3 rings (SSSR count). The number of rotatable bonds is 9. The Morgan fingerprint density at radius 1 is 0.882 bits per heavy atom. The van der Waals surface area contributed by atoms with Crippen LogP contribution in [0.15, 0.2) is 0 Å². The molecule has 3 saturated carbocycles. The van der Waals surface area contributed by atoms with Crippen molar-refractivity contribution in [1.82, 2.24) is 0 Å². The van der Waals surface area contributed by atoms with Gasteiger partial charge < -0.3 is 10.2 Å². The summed E-state index contributed by atoms with van der Waals surface area (Å²) in [5.74, 6) is 1.32. The minimum absolute atomic E-state index is 0.0807. The van der Waals surface area contributed by atoms with E-state index in [0.29, 0.717) is 11.3 Å². The van der Waals surface area contributed by atoms with Crippen molar-refractivity contribution in [3.63, 3.8) is 0 Å². The lowest BCUT2D eigenvalue weighted by Gasteiger charge is -2.65. The van der Waals surface area contributed by atoms with Gasteiger partial charge in [0.15, 0.2) is 0 Å². The summed E-state index contributed by atoms with van der Waals surface area (Å²) < 4.78 is 0. The van der Waals surface area contributed by atoms with E-state index in [0.717, 1.165) is 43.4 Å². The largest absolute Gasteiger partial charge is 0.481 e. The molecule has 3 aliphatic carbocycles. The molecule has 196 valence electrons. The first-order chi connectivity index (χ1) is 15.6. The predicted molar refractivity (Wildman–Crippen MR) is 138 cm³/mol. The molecule has 8 atom stereocenters. The molecular weight excluding hydrogens is 424 g/mol. The number of aliphatic carboxylic acids is 2. The third-order valence-electron chi connectivity index (χ3n) is 11.9. The molecule has 0 aliphatic heterocycles. The zero-order valence-corrected chi connectivity index (χ0v) is 23.2. The smallest absolute Gasteiger partial charge is 0.309 e. The van der Waals surface area contributed by atoms with Gasteiger partial charge >= 0.3 is 11.9 Å². The molecule has 0 aromatic rings. The van der Waals surface area contributed by atoms with Crippen LogP contribution in [0.5, 0.6) is 0 Å². The summed E-state index contributed by atoms with van der Waals surface area (Å²) in [6.45, 7) is 18.0. The van der Waals surface area contributed by atoms with Gasteiger partial charge in [0.25, 0.3) is 0 Å². The fourth-order valence-electron chi connectivity index (χ4n) is 9.78. The van der Waals surface area contributed by atoms with Gasteiger partial charge in [0.1, 0.15) is 0 Å². The Morgan fingerprint density at radius 2 is 1.50 bits per heavy atom. The van der Waals surface area contributed by atoms with Crippen LogP contribution in [0.4, 0.5) is 0 Å². The van der Waals surface area contributed by atoms with E-state index in [4.69, 9.17) is 0 Å². The Balaban J connectivity index is 1.91. The second-order valence-corrected chi connectivity index (χ2v) is 14.3. The molecule has 0 saturated heterocycles. The van der Waals surface area contributed by atoms with Crippen molar-refractivity contribution < 1.29 is 19.8 Å². The molecule has 0 aromatic heterocycles. The van der Waals surface area contributed by atoms with Crippen molar-refractivity contribution in [2.24, 2.45) is 57.2 Å². The first-order valence-electron chi connectivity index (χ1n) is 14.1. The summed E-state index contributed by atoms with van der Waals surface area (Å²) in [5, 5.41) is 20.0. The molecule has 0 unspecified atom stereocenters. The quantitative estimate of drug-likeness (QED) is 0.355. The van der Waals surface area contributed by atoms with Crippen molar-refractivity contribution in [3.8, 4) is 0 Å². The van der Waals surface area contributed by atoms with E-state index in [1.54, 1.807) is 0 Å². The van der Waals surface area contributed by atoms with Gasteiger partial charge in [-0.2, -0.15) is 0 Å². The molecule has 0 bridgehead atoms. The Hall–Kier alpha value is -1.06. The van der Waals surface area contributed by atoms with E-state index >= 15 is 0 Å². The second kappa shape index (κ2) is 9.43. The summed E-state index contributed by atoms with van der Waals surface area (Å²) in [6, 6.07) is 0. The molecule has 4 nitrogen and oxygen atoms in total. The fraction of sp³-hybridized carbons (Fsp3) is 0.933. The van der Waals surface area contributed by atoms with Crippen molar-refractivity contribution in [3.05, 3.63) is 0 Å². The summed E-state index contributed by atoms with van der Waals surface area (Å²) in [4.78, 5) is 24.4. The van der Waals surface area contributed by atoms with Crippen molar-refractivity contribution in [1.29, 1.82) is 0 Å². The Labute approximate surface area is 208 Å². The van der Waals surface area contributed by atoms with Crippen molar-refractivity contribution >= 4 is 11.9 Å². The molecule has 3 aliphatic rings. The molecule has 4 heteroatoms. The molecule has 2 N–H and O–H groups in total. The summed E-state index contributed by atoms with van der Waals surface area (Å²) in [5.41, 5.74) is -0.891. The second-order valence-electron chi connectivity index (χ2n) is 14.3. The zero-order chi connectivity index (χ0) is 25.7. The van der Waals surface area contributed by atoms with Crippen LogP contribution in [0.25, 0.3) is 0 Å². The number of carbonyl (C=O) groups is 2. The first kappa shape index (κ1) is 27.5. The van der Waals surface area contributed by atoms with Crippen LogP contribution < -0.4 is 0 Å². The lowest BCUT2D eigenvalue weighted by atomic mass is 9.39. The highest BCUT2D eigenvalue weighted by molar-refractivity contribution is 5.75. The minimum atomic E-state index is -0.917. The maximum Gasteiger partial charge on any atom is 0.309 e. The molecule has 0 heterocycles. The van der Waals surface area contributed by atoms with Crippen molar-refractivity contribution in [2.45, 2.75) is 120 Å². The van der Waals surface area contributed by atoms with Crippen LogP contribution in [0, 0.1) is 57.2 Å². The maximum absolute atomic E-state index is 12.2. The molecule has 0 spiro atoms. The molecule has 3 fully saturated rings. The van der Waals surface area contributed by atoms with E-state index in [2.05, 4.69) is 41.5 Å². The van der Waals surface area contributed by atoms with E-state index in [9.17, 15) is 19.8 Å². The van der Waals surface area contributed by atoms with Crippen LogP contribution in [0.1, 0.15) is 120 Å². The number of carboxylic acid groups (broad SMARTS) is 2. The Morgan fingerprint density at radius 3 is 2.06 bits per heavy atom. The van der Waals surface area contributed by atoms with Crippen LogP contribution in [0.3, 0.4) is 0 Å². The lowest BCUT2D eigenvalue weighted by molar-refractivity contribution is -0.186. The first-order valence-corrected chi connectivity index (χ1v) is 14.1. The van der Waals surface area contributed by atoms with Crippen LogP contribution in [-0.2, 0) is 9.59 Å². The topological polar surface area (TPSA) is 74.6 Å². The van der Waals surface area contributed by atoms with E-state index < -0.39 is 22.8 Å². The van der Waals surface area contributed by atoms with Gasteiger partial charge in [-0.1, -0.05) is 60.8 Å². The van der Waals surface area contributed by atoms with E-state index in [1.165, 1.54) is 32.1 Å². The Bertz CT molecular complexity index is 772. The normalized spacial score (nSPS) is 41.1. The monoisotopic (exact) mass is 476 g/mol. The highest BCUT2D eigenvalue weighted by atomic mass is 16.4. The maximum atomic E-state index is 12.2. The summed E-state index contributed by atoms with van der Waals surface area (Å²) in [6.07, 6.45) is 10.6. The fourth-order valence-corrected chi connectivity index (χ4v) is 9.78. The number of fused-ring (bicyclic) bond motifs is 3. The number of carboxylic acids is 2. The Kier molecular flexibility index (Phi) is 7.64. The number of hydrogen-bond donors (Lipinski definition) is 2. The predicted octanol–water partition coefficient (Wildman–Crippen LogP) is 7.90. The minimum Gasteiger partial charge on any atom is -0.481 e. The highest BCUT2D eigenvalue weighted by Crippen LogP contribution is 2.73. The number of hydrogen-bond acceptors (Lipinski definition) is 2. The SMILES string of the molecule is CC(C)CCC[C@@H](C)[C@H]1CC[C@@]2(C)[C@H]3CC[C@H](C(C)(C)C(=O)O)[C@@](C)(CC(=O)O)[C@@H]3CC[C@]12C. The van der Waals surface area contributed by atoms with Gasteiger partial charge in [-0.25, -0.2) is 0 Å². The van der Waals surface area contributed by atoms with Gasteiger partial charge in [0.05, 0.1) is 11.8 Å². The average Bonchev–Trinajstić information content (AvgIpc) is 2.98. The van der Waals surface area contributed by atoms with Crippen LogP contribution in [0.2, 0.25) is 0 Å². The molecule has 34 heavy (non-hydrogen) atoms. The zero-order valence-electron chi connectivity index (χ0n) is 23.2. The van der Waals surface area contributed by atoms with E-state index in [1.807, 2.05) is 13.8 Å². The lowest BCUT2D eigenvalue weighted by Crippen LogP contribution is -2.59. The average molecular weight is 477 g/mol. The third kappa shape index (κ3) is 4.34. The highest BCUT2D eigenvalue weighted by Gasteiger charge is 2.67. The van der Waals surface area contributed by atoms with E-state index in [-0.39, 0.29) is 23.7 Å². The van der Waals surface area contributed by atoms with Crippen LogP contribution >= 0.6 is 0 Å². The van der Waals surface area contributed by atoms with Gasteiger partial charge in [-0.05, 0) is 104 Å². The molecule has 0 aromatic carbocycles. The third-order valence-corrected chi connectivity index (χ3v) is 11.9. The van der Waals surface area contributed by atoms with Gasteiger partial charge in [0, 0.05) is 0 Å². The molecule has 0 radical (unpaired) electrons. The van der Waals surface area contributed by atoms with Gasteiger partial charge in [-0.3, -0.25) is 9.59 Å². The summed E-state index contributed by atoms with van der Waals surface area (Å²) >= 11 is 0. The molecular formula is C30H52O4. The molecule has 0 amide bonds. The van der Waals surface area contributed by atoms with Crippen molar-refractivity contribution in [2.75, 3.05) is 0 Å².